The summed E-state index contributed by atoms with van der Waals surface area (Å²) in [7, 11) is 0. The van der Waals surface area contributed by atoms with Gasteiger partial charge in [0.05, 0.1) is 12.2 Å². The number of para-hydroxylation sites is 1. The number of rotatable bonds is 8. The average Bonchev–Trinajstić information content (AvgIpc) is 2.52. The fourth-order valence-electron chi connectivity index (χ4n) is 1.22. The molecule has 0 spiro atoms. The van der Waals surface area contributed by atoms with Crippen LogP contribution in [0.15, 0.2) is 35.5 Å². The van der Waals surface area contributed by atoms with E-state index >= 15 is 0 Å². The Morgan fingerprint density at radius 3 is 2.74 bits per heavy atom. The summed E-state index contributed by atoms with van der Waals surface area (Å²) in [4.78, 5) is 16.0. The number of carbonyl (C=O) groups is 1. The predicted octanol–water partition coefficient (Wildman–Crippen LogP) is 3.67. The Labute approximate surface area is 150 Å². The van der Waals surface area contributed by atoms with Crippen LogP contribution in [0.4, 0.5) is 4.79 Å². The smallest absolute Gasteiger partial charge is 0.434 e. The normalized spacial score (nSPS) is 14.0. The summed E-state index contributed by atoms with van der Waals surface area (Å²) in [6, 6.07) is 9.50. The van der Waals surface area contributed by atoms with Gasteiger partial charge in [-0.3, -0.25) is 9.56 Å². The molecule has 6 nitrogen and oxygen atoms in total. The van der Waals surface area contributed by atoms with Crippen molar-refractivity contribution in [2.45, 2.75) is 6.92 Å². The molecule has 1 rings (SSSR count). The van der Waals surface area contributed by atoms with E-state index in [1.54, 1.807) is 6.92 Å². The highest BCUT2D eigenvalue weighted by atomic mass is 32.4. The number of hydrogen-bond donors (Lipinski definition) is 2. The van der Waals surface area contributed by atoms with Crippen molar-refractivity contribution in [2.24, 2.45) is 5.16 Å². The van der Waals surface area contributed by atoms with E-state index in [0.29, 0.717) is 17.2 Å². The molecule has 10 heteroatoms. The van der Waals surface area contributed by atoms with E-state index in [1.165, 1.54) is 23.7 Å². The maximum absolute atomic E-state index is 11.3. The molecule has 128 valence electrons. The van der Waals surface area contributed by atoms with E-state index in [4.69, 9.17) is 16.3 Å². The van der Waals surface area contributed by atoms with E-state index < -0.39 is 12.4 Å². The monoisotopic (exact) mass is 393 g/mol. The lowest BCUT2D eigenvalue weighted by molar-refractivity contribution is 0.153. The van der Waals surface area contributed by atoms with Crippen LogP contribution in [-0.4, -0.2) is 36.2 Å². The van der Waals surface area contributed by atoms with Crippen LogP contribution in [0, 0.1) is 0 Å². The summed E-state index contributed by atoms with van der Waals surface area (Å²) in [6.45, 7) is 3.68. The first-order valence-electron chi connectivity index (χ1n) is 6.62. The third kappa shape index (κ3) is 9.88. The lowest BCUT2D eigenvalue weighted by Crippen LogP contribution is -2.24. The molecular weight excluding hydrogens is 373 g/mol. The number of nitrogens with one attached hydrogen (secondary N) is 2. The Kier molecular flexibility index (Phi) is 9.66. The van der Waals surface area contributed by atoms with Crippen LogP contribution >= 0.6 is 30.0 Å². The molecule has 0 aliphatic rings. The second-order valence-electron chi connectivity index (χ2n) is 4.38. The number of nitrogens with zero attached hydrogens (tertiary/aromatic N) is 1. The first-order valence-corrected chi connectivity index (χ1v) is 12.2. The van der Waals surface area contributed by atoms with Crippen molar-refractivity contribution < 1.29 is 14.2 Å². The molecule has 0 fully saturated rings. The van der Waals surface area contributed by atoms with Crippen LogP contribution < -0.4 is 14.6 Å². The standard InChI is InChI=1S/C13H20N3O3PS3/c1-11(22-3)16-18-13(17)14-10-23-15-9-20(2,21)19-12-7-5-4-6-8-12/h4-8,15H,9-10H2,1-3H3,(H,14,17). The summed E-state index contributed by atoms with van der Waals surface area (Å²) >= 11 is 8.22. The highest BCUT2D eigenvalue weighted by Crippen LogP contribution is 2.42. The number of thioether (sulfide) groups is 1. The minimum Gasteiger partial charge on any atom is -0.466 e. The Morgan fingerprint density at radius 2 is 2.09 bits per heavy atom. The number of oxime groups is 1. The molecular formula is C13H20N3O3PS3. The van der Waals surface area contributed by atoms with Gasteiger partial charge in [-0.2, -0.15) is 0 Å². The largest absolute Gasteiger partial charge is 0.466 e. The number of carbonyl (C=O) groups excluding carboxylic acids is 1. The predicted molar refractivity (Wildman–Crippen MR) is 104 cm³/mol. The Morgan fingerprint density at radius 1 is 1.39 bits per heavy atom. The van der Waals surface area contributed by atoms with Gasteiger partial charge in [-0.05, 0) is 32.0 Å². The summed E-state index contributed by atoms with van der Waals surface area (Å²) < 4.78 is 8.93. The van der Waals surface area contributed by atoms with E-state index in [2.05, 4.69) is 20.0 Å². The van der Waals surface area contributed by atoms with Crippen LogP contribution in [0.25, 0.3) is 0 Å². The first-order chi connectivity index (χ1) is 10.9. The van der Waals surface area contributed by atoms with Gasteiger partial charge in [0, 0.05) is 0 Å². The van der Waals surface area contributed by atoms with Gasteiger partial charge in [-0.25, -0.2) is 4.79 Å². The van der Waals surface area contributed by atoms with Crippen molar-refractivity contribution in [1.29, 1.82) is 0 Å². The van der Waals surface area contributed by atoms with Gasteiger partial charge in [0.1, 0.15) is 17.1 Å². The summed E-state index contributed by atoms with van der Waals surface area (Å²) in [5.41, 5.74) is 0. The number of hydrogen-bond acceptors (Lipinski definition) is 8. The molecule has 0 aromatic heterocycles. The zero-order valence-corrected chi connectivity index (χ0v) is 16.5. The van der Waals surface area contributed by atoms with Crippen molar-refractivity contribution in [3.05, 3.63) is 30.3 Å². The van der Waals surface area contributed by atoms with E-state index in [-0.39, 0.29) is 0 Å². The first kappa shape index (κ1) is 20.3. The molecule has 1 aromatic carbocycles. The van der Waals surface area contributed by atoms with Gasteiger partial charge in [0.15, 0.2) is 0 Å². The lowest BCUT2D eigenvalue weighted by atomic mass is 10.3. The van der Waals surface area contributed by atoms with Gasteiger partial charge >= 0.3 is 6.09 Å². The molecule has 1 atom stereocenters. The molecule has 2 N–H and O–H groups in total. The summed E-state index contributed by atoms with van der Waals surface area (Å²) in [5, 5.41) is 6.87. The highest BCUT2D eigenvalue weighted by molar-refractivity contribution is 8.13. The molecule has 1 aromatic rings. The fraction of sp³-hybridized carbons (Fsp3) is 0.385. The second-order valence-corrected chi connectivity index (χ2v) is 11.1. The molecule has 23 heavy (non-hydrogen) atoms. The molecule has 1 amide bonds. The van der Waals surface area contributed by atoms with Gasteiger partial charge in [-0.1, -0.05) is 47.1 Å². The van der Waals surface area contributed by atoms with Crippen molar-refractivity contribution in [3.63, 3.8) is 0 Å². The third-order valence-electron chi connectivity index (χ3n) is 2.34. The fourth-order valence-corrected chi connectivity index (χ4v) is 4.29. The quantitative estimate of drug-likeness (QED) is 0.102. The van der Waals surface area contributed by atoms with Crippen LogP contribution in [0.5, 0.6) is 5.75 Å². The Bertz CT molecular complexity index is 572. The van der Waals surface area contributed by atoms with Crippen molar-refractivity contribution in [2.75, 3.05) is 25.1 Å². The maximum atomic E-state index is 11.3. The second kappa shape index (κ2) is 10.9. The van der Waals surface area contributed by atoms with Gasteiger partial charge < -0.3 is 9.84 Å². The lowest BCUT2D eigenvalue weighted by Gasteiger charge is -2.19. The van der Waals surface area contributed by atoms with Crippen molar-refractivity contribution in [3.8, 4) is 5.75 Å². The molecule has 0 radical (unpaired) electrons. The van der Waals surface area contributed by atoms with Crippen molar-refractivity contribution in [1.82, 2.24) is 10.0 Å². The Balaban J connectivity index is 2.19. The molecule has 1 unspecified atom stereocenters. The van der Waals surface area contributed by atoms with E-state index in [0.717, 1.165) is 5.75 Å². The molecule has 0 saturated heterocycles. The van der Waals surface area contributed by atoms with E-state index in [9.17, 15) is 4.79 Å². The summed E-state index contributed by atoms with van der Waals surface area (Å²) in [5.74, 6) is 1.11. The Hall–Kier alpha value is -0.730. The zero-order chi connectivity index (χ0) is 17.1. The minimum atomic E-state index is -1.98. The third-order valence-corrected chi connectivity index (χ3v) is 5.79. The molecule has 0 saturated carbocycles. The van der Waals surface area contributed by atoms with Crippen LogP contribution in [0.1, 0.15) is 6.92 Å². The topological polar surface area (TPSA) is 72.0 Å². The van der Waals surface area contributed by atoms with Crippen LogP contribution in [-0.2, 0) is 16.6 Å². The molecule has 0 heterocycles. The van der Waals surface area contributed by atoms with Gasteiger partial charge in [0.2, 0.25) is 0 Å². The van der Waals surface area contributed by atoms with Crippen LogP contribution in [0.2, 0.25) is 0 Å². The molecule has 0 bridgehead atoms. The SMILES string of the molecule is CSC(C)=NOC(=O)NCSNCP(C)(=S)Oc1ccccc1. The van der Waals surface area contributed by atoms with Gasteiger partial charge in [0.25, 0.3) is 0 Å². The van der Waals surface area contributed by atoms with Crippen molar-refractivity contribution >= 4 is 52.9 Å². The number of benzene rings is 1. The average molecular weight is 393 g/mol. The molecule has 0 aliphatic heterocycles. The zero-order valence-electron chi connectivity index (χ0n) is 13.1. The summed E-state index contributed by atoms with van der Waals surface area (Å²) in [6.07, 6.45) is -0.171. The van der Waals surface area contributed by atoms with Gasteiger partial charge in [-0.15, -0.1) is 11.8 Å². The van der Waals surface area contributed by atoms with E-state index in [1.807, 2.05) is 43.3 Å². The minimum absolute atomic E-state index is 0.341. The molecule has 0 aliphatic carbocycles. The maximum Gasteiger partial charge on any atom is 0.434 e. The van der Waals surface area contributed by atoms with Crippen LogP contribution in [0.3, 0.4) is 0 Å². The number of amides is 1. The highest BCUT2D eigenvalue weighted by Gasteiger charge is 2.12.